The number of primary amides is 1. The Hall–Kier alpha value is -2.37. The van der Waals surface area contributed by atoms with Crippen molar-refractivity contribution in [3.63, 3.8) is 0 Å². The van der Waals surface area contributed by atoms with E-state index in [1.165, 1.54) is 0 Å². The molecule has 0 radical (unpaired) electrons. The van der Waals surface area contributed by atoms with Crippen LogP contribution in [0.4, 0.5) is 0 Å². The molecule has 1 heterocycles. The van der Waals surface area contributed by atoms with E-state index in [4.69, 9.17) is 10.5 Å². The predicted molar refractivity (Wildman–Crippen MR) is 82.9 cm³/mol. The maximum absolute atomic E-state index is 11.8. The van der Waals surface area contributed by atoms with Crippen molar-refractivity contribution in [1.29, 1.82) is 0 Å². The number of benzene rings is 1. The fourth-order valence-electron chi connectivity index (χ4n) is 2.41. The molecule has 0 aliphatic heterocycles. The lowest BCUT2D eigenvalue weighted by molar-refractivity contribution is -0.149. The van der Waals surface area contributed by atoms with Crippen molar-refractivity contribution in [3.05, 3.63) is 30.1 Å². The largest absolute Gasteiger partial charge is 0.454 e. The average Bonchev–Trinajstić information content (AvgIpc) is 2.81. The molecule has 0 saturated heterocycles. The Morgan fingerprint density at radius 3 is 2.64 bits per heavy atom. The van der Waals surface area contributed by atoms with Crippen molar-refractivity contribution in [2.75, 3.05) is 0 Å². The van der Waals surface area contributed by atoms with E-state index in [0.717, 1.165) is 11.0 Å². The number of aromatic nitrogens is 2. The minimum atomic E-state index is -0.416. The van der Waals surface area contributed by atoms with Crippen LogP contribution in [0.15, 0.2) is 24.3 Å². The van der Waals surface area contributed by atoms with Crippen molar-refractivity contribution in [3.8, 4) is 0 Å². The molecule has 2 aromatic rings. The van der Waals surface area contributed by atoms with Crippen LogP contribution >= 0.6 is 0 Å². The van der Waals surface area contributed by atoms with Crippen LogP contribution in [0.1, 0.15) is 44.5 Å². The van der Waals surface area contributed by atoms with Crippen LogP contribution in [-0.4, -0.2) is 21.4 Å². The normalized spacial score (nSPS) is 12.3. The van der Waals surface area contributed by atoms with Crippen LogP contribution in [0.25, 0.3) is 11.0 Å². The molecule has 0 fully saturated rings. The number of aryl methyl sites for hydroxylation is 1. The third kappa shape index (κ3) is 3.84. The van der Waals surface area contributed by atoms with Gasteiger partial charge in [0.15, 0.2) is 11.9 Å². The number of imidazole rings is 1. The smallest absolute Gasteiger partial charge is 0.306 e. The minimum absolute atomic E-state index is 0.279. The molecule has 1 amide bonds. The standard InChI is InChI=1S/C16H21N3O3/c1-11(22-15(21)10-6-5-9-14(17)20)16-18-12-7-3-4-8-13(12)19(16)2/h3-4,7-8,11H,5-6,9-10H2,1-2H3,(H2,17,20)/t11-/m0/s1. The Kier molecular flexibility index (Phi) is 5.14. The molecule has 0 aliphatic rings. The molecule has 0 saturated carbocycles. The van der Waals surface area contributed by atoms with Gasteiger partial charge in [-0.1, -0.05) is 12.1 Å². The van der Waals surface area contributed by atoms with Crippen molar-refractivity contribution >= 4 is 22.9 Å². The topological polar surface area (TPSA) is 87.2 Å². The summed E-state index contributed by atoms with van der Waals surface area (Å²) >= 11 is 0. The molecule has 0 unspecified atom stereocenters. The highest BCUT2D eigenvalue weighted by Crippen LogP contribution is 2.22. The second-order valence-corrected chi connectivity index (χ2v) is 5.32. The van der Waals surface area contributed by atoms with E-state index in [-0.39, 0.29) is 18.3 Å². The van der Waals surface area contributed by atoms with Gasteiger partial charge in [-0.2, -0.15) is 0 Å². The first-order valence-electron chi connectivity index (χ1n) is 7.38. The molecule has 1 aromatic heterocycles. The molecule has 2 rings (SSSR count). The Labute approximate surface area is 129 Å². The van der Waals surface area contributed by atoms with E-state index in [9.17, 15) is 9.59 Å². The summed E-state index contributed by atoms with van der Waals surface area (Å²) in [6.45, 7) is 1.81. The molecule has 0 aliphatic carbocycles. The maximum atomic E-state index is 11.8. The van der Waals surface area contributed by atoms with Gasteiger partial charge in [0.1, 0.15) is 0 Å². The van der Waals surface area contributed by atoms with Crippen molar-refractivity contribution in [2.24, 2.45) is 12.8 Å². The van der Waals surface area contributed by atoms with E-state index in [1.807, 2.05) is 42.8 Å². The number of amides is 1. The van der Waals surface area contributed by atoms with Crippen LogP contribution < -0.4 is 5.73 Å². The molecule has 1 aromatic carbocycles. The van der Waals surface area contributed by atoms with E-state index >= 15 is 0 Å². The van der Waals surface area contributed by atoms with Gasteiger partial charge in [0.2, 0.25) is 5.91 Å². The van der Waals surface area contributed by atoms with E-state index < -0.39 is 6.10 Å². The van der Waals surface area contributed by atoms with Crippen molar-refractivity contribution in [2.45, 2.75) is 38.7 Å². The highest BCUT2D eigenvalue weighted by atomic mass is 16.5. The quantitative estimate of drug-likeness (QED) is 0.627. The first kappa shape index (κ1) is 16.0. The van der Waals surface area contributed by atoms with E-state index in [1.54, 1.807) is 0 Å². The number of para-hydroxylation sites is 2. The highest BCUT2D eigenvalue weighted by Gasteiger charge is 2.18. The van der Waals surface area contributed by atoms with Crippen LogP contribution in [0, 0.1) is 0 Å². The number of rotatable bonds is 7. The van der Waals surface area contributed by atoms with Gasteiger partial charge in [-0.25, -0.2) is 4.98 Å². The molecule has 22 heavy (non-hydrogen) atoms. The number of hydrogen-bond acceptors (Lipinski definition) is 4. The zero-order valence-corrected chi connectivity index (χ0v) is 12.9. The zero-order chi connectivity index (χ0) is 16.1. The number of esters is 1. The Bertz CT molecular complexity index is 678. The van der Waals surface area contributed by atoms with Gasteiger partial charge < -0.3 is 15.0 Å². The number of nitrogens with zero attached hydrogens (tertiary/aromatic N) is 2. The van der Waals surface area contributed by atoms with Gasteiger partial charge in [0.25, 0.3) is 0 Å². The monoisotopic (exact) mass is 303 g/mol. The van der Waals surface area contributed by atoms with Gasteiger partial charge in [0.05, 0.1) is 11.0 Å². The van der Waals surface area contributed by atoms with Crippen molar-refractivity contribution in [1.82, 2.24) is 9.55 Å². The van der Waals surface area contributed by atoms with Crippen LogP contribution in [0.3, 0.4) is 0 Å². The summed E-state index contributed by atoms with van der Waals surface area (Å²) in [5, 5.41) is 0. The Morgan fingerprint density at radius 2 is 1.95 bits per heavy atom. The second-order valence-electron chi connectivity index (χ2n) is 5.32. The molecular weight excluding hydrogens is 282 g/mol. The highest BCUT2D eigenvalue weighted by molar-refractivity contribution is 5.76. The number of carbonyl (C=O) groups excluding carboxylic acids is 2. The third-order valence-corrected chi connectivity index (χ3v) is 3.55. The summed E-state index contributed by atoms with van der Waals surface area (Å²) in [5.74, 6) is 0.0807. The molecule has 2 N–H and O–H groups in total. The fourth-order valence-corrected chi connectivity index (χ4v) is 2.41. The lowest BCUT2D eigenvalue weighted by Gasteiger charge is -2.13. The number of fused-ring (bicyclic) bond motifs is 1. The Morgan fingerprint density at radius 1 is 1.27 bits per heavy atom. The summed E-state index contributed by atoms with van der Waals surface area (Å²) in [6.07, 6.45) is 1.36. The summed E-state index contributed by atoms with van der Waals surface area (Å²) in [6, 6.07) is 7.78. The van der Waals surface area contributed by atoms with Gasteiger partial charge in [0, 0.05) is 19.9 Å². The van der Waals surface area contributed by atoms with E-state index in [2.05, 4.69) is 4.98 Å². The molecule has 118 valence electrons. The zero-order valence-electron chi connectivity index (χ0n) is 12.9. The number of nitrogens with two attached hydrogens (primary N) is 1. The molecule has 0 spiro atoms. The number of hydrogen-bond donors (Lipinski definition) is 1. The Balaban J connectivity index is 1.93. The lowest BCUT2D eigenvalue weighted by atomic mass is 10.2. The minimum Gasteiger partial charge on any atom is -0.454 e. The van der Waals surface area contributed by atoms with Crippen LogP contribution in [0.5, 0.6) is 0 Å². The van der Waals surface area contributed by atoms with Crippen molar-refractivity contribution < 1.29 is 14.3 Å². The summed E-state index contributed by atoms with van der Waals surface area (Å²) < 4.78 is 7.35. The summed E-state index contributed by atoms with van der Waals surface area (Å²) in [5.41, 5.74) is 6.93. The SMILES string of the molecule is C[C@H](OC(=O)CCCCC(N)=O)c1nc2ccccc2n1C. The first-order valence-corrected chi connectivity index (χ1v) is 7.38. The van der Waals surface area contributed by atoms with Crippen LogP contribution in [-0.2, 0) is 21.4 Å². The average molecular weight is 303 g/mol. The lowest BCUT2D eigenvalue weighted by Crippen LogP contribution is -2.13. The van der Waals surface area contributed by atoms with E-state index in [0.29, 0.717) is 25.1 Å². The van der Waals surface area contributed by atoms with Gasteiger partial charge >= 0.3 is 5.97 Å². The molecular formula is C16H21N3O3. The summed E-state index contributed by atoms with van der Waals surface area (Å²) in [4.78, 5) is 27.0. The fraction of sp³-hybridized carbons (Fsp3) is 0.438. The third-order valence-electron chi connectivity index (χ3n) is 3.55. The summed E-state index contributed by atoms with van der Waals surface area (Å²) in [7, 11) is 1.90. The molecule has 6 heteroatoms. The second kappa shape index (κ2) is 7.06. The van der Waals surface area contributed by atoms with Crippen LogP contribution in [0.2, 0.25) is 0 Å². The number of ether oxygens (including phenoxy) is 1. The maximum Gasteiger partial charge on any atom is 0.306 e. The predicted octanol–water partition coefficient (Wildman–Crippen LogP) is 2.22. The van der Waals surface area contributed by atoms with Gasteiger partial charge in [-0.15, -0.1) is 0 Å². The first-order chi connectivity index (χ1) is 10.5. The molecule has 1 atom stereocenters. The number of unbranched alkanes of at least 4 members (excludes halogenated alkanes) is 1. The molecule has 0 bridgehead atoms. The number of carbonyl (C=O) groups is 2. The van der Waals surface area contributed by atoms with Gasteiger partial charge in [-0.05, 0) is 31.9 Å². The van der Waals surface area contributed by atoms with Gasteiger partial charge in [-0.3, -0.25) is 9.59 Å². The molecule has 6 nitrogen and oxygen atoms in total.